The van der Waals surface area contributed by atoms with Crippen LogP contribution in [0.25, 0.3) is 0 Å². The summed E-state index contributed by atoms with van der Waals surface area (Å²) in [6.45, 7) is 4.12. The Balaban J connectivity index is 1.66. The molecule has 0 bridgehead atoms. The van der Waals surface area contributed by atoms with Crippen molar-refractivity contribution in [1.82, 2.24) is 9.97 Å². The van der Waals surface area contributed by atoms with E-state index < -0.39 is 0 Å². The van der Waals surface area contributed by atoms with E-state index in [0.717, 1.165) is 37.1 Å². The number of hydrogen-bond donors (Lipinski definition) is 2. The zero-order chi connectivity index (χ0) is 13.3. The molecule has 0 radical (unpaired) electrons. The third-order valence-electron chi connectivity index (χ3n) is 3.79. The Morgan fingerprint density at radius 3 is 2.47 bits per heavy atom. The van der Waals surface area contributed by atoms with E-state index in [4.69, 9.17) is 0 Å². The van der Waals surface area contributed by atoms with E-state index in [1.165, 1.54) is 38.5 Å². The molecule has 1 fully saturated rings. The van der Waals surface area contributed by atoms with E-state index in [0.29, 0.717) is 0 Å². The number of nitrogens with one attached hydrogen (secondary N) is 2. The Bertz CT molecular complexity index is 361. The van der Waals surface area contributed by atoms with Gasteiger partial charge < -0.3 is 10.6 Å². The smallest absolute Gasteiger partial charge is 0.131 e. The monoisotopic (exact) mass is 262 g/mol. The van der Waals surface area contributed by atoms with Crippen LogP contribution in [0.2, 0.25) is 0 Å². The van der Waals surface area contributed by atoms with Crippen LogP contribution in [-0.4, -0.2) is 23.1 Å². The fourth-order valence-corrected chi connectivity index (χ4v) is 2.71. The molecular weight excluding hydrogens is 236 g/mol. The molecule has 1 heterocycles. The van der Waals surface area contributed by atoms with Gasteiger partial charge in [0.1, 0.15) is 18.0 Å². The number of hydrogen-bond acceptors (Lipinski definition) is 4. The first kappa shape index (κ1) is 14.1. The Morgan fingerprint density at radius 2 is 1.79 bits per heavy atom. The molecule has 0 unspecified atom stereocenters. The topological polar surface area (TPSA) is 49.8 Å². The van der Waals surface area contributed by atoms with Gasteiger partial charge in [0.05, 0.1) is 0 Å². The van der Waals surface area contributed by atoms with Crippen molar-refractivity contribution in [3.05, 3.63) is 12.4 Å². The first-order valence-electron chi connectivity index (χ1n) is 7.68. The van der Waals surface area contributed by atoms with E-state index in [1.54, 1.807) is 6.33 Å². The van der Waals surface area contributed by atoms with Crippen molar-refractivity contribution in [1.29, 1.82) is 0 Å². The van der Waals surface area contributed by atoms with Crippen molar-refractivity contribution in [2.24, 2.45) is 5.92 Å². The Morgan fingerprint density at radius 1 is 1.11 bits per heavy atom. The van der Waals surface area contributed by atoms with Crippen molar-refractivity contribution < 1.29 is 0 Å². The summed E-state index contributed by atoms with van der Waals surface area (Å²) >= 11 is 0. The van der Waals surface area contributed by atoms with Crippen LogP contribution in [0.1, 0.15) is 51.9 Å². The maximum atomic E-state index is 4.25. The zero-order valence-electron chi connectivity index (χ0n) is 12.0. The predicted molar refractivity (Wildman–Crippen MR) is 80.5 cm³/mol. The van der Waals surface area contributed by atoms with Crippen LogP contribution >= 0.6 is 0 Å². The second-order valence-corrected chi connectivity index (χ2v) is 5.43. The number of nitrogens with zero attached hydrogens (tertiary/aromatic N) is 2. The standard InChI is InChI=1S/C15H26N4/c1-2-9-16-14-11-15(19-12-18-14)17-10-5-8-13-6-3-4-7-13/h11-13H,2-10H2,1H3,(H2,16,17,18,19). The number of anilines is 2. The minimum Gasteiger partial charge on any atom is -0.370 e. The average Bonchev–Trinajstić information content (AvgIpc) is 2.95. The largest absolute Gasteiger partial charge is 0.370 e. The summed E-state index contributed by atoms with van der Waals surface area (Å²) in [5, 5.41) is 6.67. The third kappa shape index (κ3) is 5.05. The van der Waals surface area contributed by atoms with Gasteiger partial charge in [0.25, 0.3) is 0 Å². The predicted octanol–water partition coefficient (Wildman–Crippen LogP) is 3.68. The fourth-order valence-electron chi connectivity index (χ4n) is 2.71. The first-order chi connectivity index (χ1) is 9.38. The zero-order valence-corrected chi connectivity index (χ0v) is 12.0. The van der Waals surface area contributed by atoms with Crippen LogP contribution in [-0.2, 0) is 0 Å². The molecule has 0 spiro atoms. The summed E-state index contributed by atoms with van der Waals surface area (Å²) in [6.07, 6.45) is 11.1. The Labute approximate surface area is 116 Å². The number of aromatic nitrogens is 2. The average molecular weight is 262 g/mol. The molecule has 2 N–H and O–H groups in total. The molecule has 2 rings (SSSR count). The summed E-state index contributed by atoms with van der Waals surface area (Å²) in [4.78, 5) is 8.46. The minimum atomic E-state index is 0.912. The van der Waals surface area contributed by atoms with Crippen molar-refractivity contribution in [2.45, 2.75) is 51.9 Å². The SMILES string of the molecule is CCCNc1cc(NCCCC2CCCC2)ncn1. The molecule has 1 aromatic heterocycles. The summed E-state index contributed by atoms with van der Waals surface area (Å²) in [5.74, 6) is 2.82. The summed E-state index contributed by atoms with van der Waals surface area (Å²) in [6, 6.07) is 1.99. The Hall–Kier alpha value is -1.32. The third-order valence-corrected chi connectivity index (χ3v) is 3.79. The summed E-state index contributed by atoms with van der Waals surface area (Å²) in [7, 11) is 0. The van der Waals surface area contributed by atoms with Gasteiger partial charge in [0.2, 0.25) is 0 Å². The molecule has 1 aliphatic rings. The molecular formula is C15H26N4. The second-order valence-electron chi connectivity index (χ2n) is 5.43. The van der Waals surface area contributed by atoms with Crippen molar-refractivity contribution in [3.8, 4) is 0 Å². The van der Waals surface area contributed by atoms with Gasteiger partial charge >= 0.3 is 0 Å². The van der Waals surface area contributed by atoms with Crippen LogP contribution in [0.15, 0.2) is 12.4 Å². The first-order valence-corrected chi connectivity index (χ1v) is 7.68. The minimum absolute atomic E-state index is 0.912. The molecule has 0 amide bonds. The van der Waals surface area contributed by atoms with Crippen LogP contribution in [0.4, 0.5) is 11.6 Å². The molecule has 106 valence electrons. The quantitative estimate of drug-likeness (QED) is 0.702. The van der Waals surface area contributed by atoms with Gasteiger partial charge in [-0.05, 0) is 25.2 Å². The van der Waals surface area contributed by atoms with Gasteiger partial charge in [0, 0.05) is 19.2 Å². The highest BCUT2D eigenvalue weighted by atomic mass is 15.1. The van der Waals surface area contributed by atoms with E-state index >= 15 is 0 Å². The van der Waals surface area contributed by atoms with Gasteiger partial charge in [-0.3, -0.25) is 0 Å². The molecule has 1 aromatic rings. The van der Waals surface area contributed by atoms with Crippen molar-refractivity contribution >= 4 is 11.6 Å². The summed E-state index contributed by atoms with van der Waals surface area (Å²) in [5.41, 5.74) is 0. The van der Waals surface area contributed by atoms with Gasteiger partial charge in [-0.15, -0.1) is 0 Å². The van der Waals surface area contributed by atoms with Gasteiger partial charge in [-0.25, -0.2) is 9.97 Å². The van der Waals surface area contributed by atoms with Crippen LogP contribution < -0.4 is 10.6 Å². The van der Waals surface area contributed by atoms with Crippen molar-refractivity contribution in [2.75, 3.05) is 23.7 Å². The lowest BCUT2D eigenvalue weighted by Crippen LogP contribution is -2.07. The lowest BCUT2D eigenvalue weighted by Gasteiger charge is -2.10. The lowest BCUT2D eigenvalue weighted by atomic mass is 10.0. The molecule has 0 saturated heterocycles. The molecule has 1 saturated carbocycles. The molecule has 4 heteroatoms. The van der Waals surface area contributed by atoms with Crippen LogP contribution in [0, 0.1) is 5.92 Å². The molecule has 0 atom stereocenters. The number of rotatable bonds is 8. The molecule has 4 nitrogen and oxygen atoms in total. The highest BCUT2D eigenvalue weighted by Gasteiger charge is 2.13. The van der Waals surface area contributed by atoms with E-state index in [1.807, 2.05) is 6.07 Å². The van der Waals surface area contributed by atoms with Crippen LogP contribution in [0.5, 0.6) is 0 Å². The van der Waals surface area contributed by atoms with Gasteiger partial charge in [-0.1, -0.05) is 32.6 Å². The van der Waals surface area contributed by atoms with E-state index in [2.05, 4.69) is 27.5 Å². The van der Waals surface area contributed by atoms with E-state index in [9.17, 15) is 0 Å². The molecule has 1 aliphatic carbocycles. The summed E-state index contributed by atoms with van der Waals surface area (Å²) < 4.78 is 0. The van der Waals surface area contributed by atoms with Gasteiger partial charge in [-0.2, -0.15) is 0 Å². The molecule has 0 aromatic carbocycles. The lowest BCUT2D eigenvalue weighted by molar-refractivity contribution is 0.491. The Kier molecular flexibility index (Phi) is 5.92. The highest BCUT2D eigenvalue weighted by Crippen LogP contribution is 2.28. The van der Waals surface area contributed by atoms with Gasteiger partial charge in [0.15, 0.2) is 0 Å². The maximum Gasteiger partial charge on any atom is 0.131 e. The molecule has 19 heavy (non-hydrogen) atoms. The maximum absolute atomic E-state index is 4.25. The fraction of sp³-hybridized carbons (Fsp3) is 0.733. The van der Waals surface area contributed by atoms with Crippen LogP contribution in [0.3, 0.4) is 0 Å². The normalized spacial score (nSPS) is 15.6. The van der Waals surface area contributed by atoms with E-state index in [-0.39, 0.29) is 0 Å². The second kappa shape index (κ2) is 7.97. The van der Waals surface area contributed by atoms with Crippen molar-refractivity contribution in [3.63, 3.8) is 0 Å². The highest BCUT2D eigenvalue weighted by molar-refractivity contribution is 5.46. The molecule has 0 aliphatic heterocycles.